The summed E-state index contributed by atoms with van der Waals surface area (Å²) in [5.41, 5.74) is 8.44. The summed E-state index contributed by atoms with van der Waals surface area (Å²) in [4.78, 5) is 11.4. The molecule has 0 unspecified atom stereocenters. The number of carbonyl (C=O) groups is 1. The Morgan fingerprint density at radius 2 is 1.52 bits per heavy atom. The molecule has 170 valence electrons. The van der Waals surface area contributed by atoms with E-state index in [2.05, 4.69) is 14.9 Å². The summed E-state index contributed by atoms with van der Waals surface area (Å²) in [5.74, 6) is 1.74. The molecule has 0 atom stereocenters. The fourth-order valence-electron chi connectivity index (χ4n) is 2.69. The molecular formula is C25H25N3O4S. The molecule has 0 radical (unpaired) electrons. The van der Waals surface area contributed by atoms with Crippen molar-refractivity contribution in [2.45, 2.75) is 5.75 Å². The Morgan fingerprint density at radius 1 is 0.909 bits per heavy atom. The molecule has 0 saturated heterocycles. The van der Waals surface area contributed by atoms with E-state index in [-0.39, 0.29) is 5.97 Å². The van der Waals surface area contributed by atoms with E-state index in [1.165, 1.54) is 24.4 Å². The molecule has 33 heavy (non-hydrogen) atoms. The van der Waals surface area contributed by atoms with Gasteiger partial charge >= 0.3 is 5.97 Å². The van der Waals surface area contributed by atoms with Crippen LogP contribution >= 0.6 is 11.8 Å². The van der Waals surface area contributed by atoms with E-state index in [0.29, 0.717) is 29.7 Å². The van der Waals surface area contributed by atoms with Crippen LogP contribution in [-0.4, -0.2) is 37.7 Å². The molecule has 3 aromatic rings. The Bertz CT molecular complexity index is 1070. The number of rotatable bonds is 10. The summed E-state index contributed by atoms with van der Waals surface area (Å²) in [6.07, 6.45) is 1.64. The second-order valence-electron chi connectivity index (χ2n) is 6.74. The third kappa shape index (κ3) is 8.34. The van der Waals surface area contributed by atoms with Gasteiger partial charge in [0.1, 0.15) is 24.7 Å². The van der Waals surface area contributed by atoms with Gasteiger partial charge in [0.15, 0.2) is 5.17 Å². The number of thioether (sulfide) groups is 1. The quantitative estimate of drug-likeness (QED) is 0.156. The maximum atomic E-state index is 11.4. The van der Waals surface area contributed by atoms with Crippen molar-refractivity contribution in [3.63, 3.8) is 0 Å². The molecule has 0 aliphatic carbocycles. The van der Waals surface area contributed by atoms with Crippen molar-refractivity contribution in [3.8, 4) is 11.5 Å². The number of methoxy groups -OCH3 is 1. The minimum absolute atomic E-state index is 0.370. The van der Waals surface area contributed by atoms with Crippen LogP contribution in [0.4, 0.5) is 0 Å². The number of esters is 1. The van der Waals surface area contributed by atoms with Gasteiger partial charge in [0, 0.05) is 5.75 Å². The van der Waals surface area contributed by atoms with E-state index in [9.17, 15) is 4.79 Å². The van der Waals surface area contributed by atoms with Crippen LogP contribution in [0.1, 0.15) is 21.5 Å². The fourth-order valence-corrected chi connectivity index (χ4v) is 3.30. The molecule has 0 saturated carbocycles. The highest BCUT2D eigenvalue weighted by Gasteiger charge is 2.04. The van der Waals surface area contributed by atoms with Gasteiger partial charge in [-0.25, -0.2) is 4.79 Å². The van der Waals surface area contributed by atoms with Gasteiger partial charge in [-0.2, -0.15) is 5.10 Å². The number of ether oxygens (including phenoxy) is 3. The molecule has 0 heterocycles. The number of carbonyl (C=O) groups excluding carboxylic acids is 1. The van der Waals surface area contributed by atoms with Gasteiger partial charge < -0.3 is 19.9 Å². The van der Waals surface area contributed by atoms with Crippen LogP contribution in [0.2, 0.25) is 0 Å². The lowest BCUT2D eigenvalue weighted by Crippen LogP contribution is -2.09. The fraction of sp³-hybridized carbons (Fsp3) is 0.160. The monoisotopic (exact) mass is 463 g/mol. The molecular weight excluding hydrogens is 438 g/mol. The van der Waals surface area contributed by atoms with Crippen molar-refractivity contribution in [2.75, 3.05) is 20.3 Å². The van der Waals surface area contributed by atoms with Crippen LogP contribution < -0.4 is 15.2 Å². The second kappa shape index (κ2) is 12.9. The molecule has 3 aromatic carbocycles. The lowest BCUT2D eigenvalue weighted by molar-refractivity contribution is 0.0600. The number of nitrogens with zero attached hydrogens (tertiary/aromatic N) is 2. The molecule has 8 heteroatoms. The maximum Gasteiger partial charge on any atom is 0.337 e. The Hall–Kier alpha value is -3.78. The molecule has 7 nitrogen and oxygen atoms in total. The SMILES string of the molecule is COC(=O)c1ccc(OCCOc2ccc(C=NN=C(N)SCc3ccccc3)cc2)cc1. The summed E-state index contributed by atoms with van der Waals surface area (Å²) in [6.45, 7) is 0.751. The van der Waals surface area contributed by atoms with Crippen LogP contribution in [0.15, 0.2) is 89.1 Å². The smallest absolute Gasteiger partial charge is 0.337 e. The van der Waals surface area contributed by atoms with E-state index in [4.69, 9.17) is 15.2 Å². The lowest BCUT2D eigenvalue weighted by Gasteiger charge is -2.09. The third-order valence-corrected chi connectivity index (χ3v) is 5.22. The average Bonchev–Trinajstić information content (AvgIpc) is 2.87. The molecule has 0 aromatic heterocycles. The van der Waals surface area contributed by atoms with Crippen molar-refractivity contribution in [1.82, 2.24) is 0 Å². The molecule has 0 aliphatic rings. The first-order valence-electron chi connectivity index (χ1n) is 10.2. The minimum Gasteiger partial charge on any atom is -0.490 e. The van der Waals surface area contributed by atoms with Gasteiger partial charge in [-0.05, 0) is 59.7 Å². The van der Waals surface area contributed by atoms with Crippen LogP contribution in [0.3, 0.4) is 0 Å². The van der Waals surface area contributed by atoms with E-state index in [1.54, 1.807) is 30.5 Å². The minimum atomic E-state index is -0.379. The second-order valence-corrected chi connectivity index (χ2v) is 7.73. The maximum absolute atomic E-state index is 11.4. The first kappa shape index (κ1) is 23.9. The number of nitrogens with two attached hydrogens (primary N) is 1. The van der Waals surface area contributed by atoms with Gasteiger partial charge in [0.25, 0.3) is 0 Å². The number of benzene rings is 3. The molecule has 0 amide bonds. The Balaban J connectivity index is 1.37. The first-order chi connectivity index (χ1) is 16.1. The average molecular weight is 464 g/mol. The summed E-state index contributed by atoms with van der Waals surface area (Å²) < 4.78 is 16.0. The molecule has 0 fully saturated rings. The summed E-state index contributed by atoms with van der Waals surface area (Å²) in [5, 5.41) is 8.47. The summed E-state index contributed by atoms with van der Waals surface area (Å²) >= 11 is 1.44. The van der Waals surface area contributed by atoms with E-state index >= 15 is 0 Å². The van der Waals surface area contributed by atoms with Gasteiger partial charge in [0.05, 0.1) is 18.9 Å². The van der Waals surface area contributed by atoms with E-state index in [0.717, 1.165) is 17.1 Å². The number of amidine groups is 1. The van der Waals surface area contributed by atoms with Crippen molar-refractivity contribution in [1.29, 1.82) is 0 Å². The predicted octanol–water partition coefficient (Wildman–Crippen LogP) is 4.51. The molecule has 0 spiro atoms. The Morgan fingerprint density at radius 3 is 2.12 bits per heavy atom. The molecule has 3 rings (SSSR count). The zero-order valence-corrected chi connectivity index (χ0v) is 19.0. The summed E-state index contributed by atoms with van der Waals surface area (Å²) in [7, 11) is 1.35. The largest absolute Gasteiger partial charge is 0.490 e. The Kier molecular flexibility index (Phi) is 9.35. The van der Waals surface area contributed by atoms with Crippen molar-refractivity contribution < 1.29 is 19.0 Å². The molecule has 0 aliphatic heterocycles. The predicted molar refractivity (Wildman–Crippen MR) is 132 cm³/mol. The van der Waals surface area contributed by atoms with Crippen LogP contribution in [0.5, 0.6) is 11.5 Å². The first-order valence-corrected chi connectivity index (χ1v) is 11.2. The third-order valence-electron chi connectivity index (χ3n) is 4.37. The number of hydrogen-bond acceptors (Lipinski definition) is 7. The van der Waals surface area contributed by atoms with Gasteiger partial charge in [0.2, 0.25) is 0 Å². The summed E-state index contributed by atoms with van der Waals surface area (Å²) in [6, 6.07) is 24.3. The van der Waals surface area contributed by atoms with Crippen molar-refractivity contribution in [3.05, 3.63) is 95.6 Å². The lowest BCUT2D eigenvalue weighted by atomic mass is 10.2. The zero-order chi connectivity index (χ0) is 23.3. The zero-order valence-electron chi connectivity index (χ0n) is 18.2. The molecule has 0 bridgehead atoms. The molecule has 2 N–H and O–H groups in total. The van der Waals surface area contributed by atoms with E-state index in [1.807, 2.05) is 54.6 Å². The van der Waals surface area contributed by atoms with Crippen LogP contribution in [-0.2, 0) is 10.5 Å². The Labute approximate surface area is 197 Å². The van der Waals surface area contributed by atoms with Crippen LogP contribution in [0.25, 0.3) is 0 Å². The normalized spacial score (nSPS) is 11.4. The van der Waals surface area contributed by atoms with Gasteiger partial charge in [-0.15, -0.1) is 5.10 Å². The highest BCUT2D eigenvalue weighted by Crippen LogP contribution is 2.15. The van der Waals surface area contributed by atoms with Crippen molar-refractivity contribution in [2.24, 2.45) is 15.9 Å². The highest BCUT2D eigenvalue weighted by atomic mass is 32.2. The van der Waals surface area contributed by atoms with Gasteiger partial charge in [-0.1, -0.05) is 42.1 Å². The topological polar surface area (TPSA) is 95.5 Å². The highest BCUT2D eigenvalue weighted by molar-refractivity contribution is 8.13. The standard InChI is InChI=1S/C25H25N3O4S/c1-30-24(29)21-9-13-23(14-10-21)32-16-15-31-22-11-7-19(8-12-22)17-27-28-25(26)33-18-20-5-3-2-4-6-20/h2-14,17H,15-16,18H2,1H3,(H2,26,28). The number of hydrogen-bond donors (Lipinski definition) is 1. The van der Waals surface area contributed by atoms with Crippen LogP contribution in [0, 0.1) is 0 Å². The van der Waals surface area contributed by atoms with Crippen molar-refractivity contribution >= 4 is 29.1 Å². The van der Waals surface area contributed by atoms with E-state index < -0.39 is 0 Å². The van der Waals surface area contributed by atoms with Gasteiger partial charge in [-0.3, -0.25) is 0 Å².